The lowest BCUT2D eigenvalue weighted by molar-refractivity contribution is -0.112. The van der Waals surface area contributed by atoms with E-state index in [-0.39, 0.29) is 17.5 Å². The standard InChI is InChI=1S/C23H24N4O3S/c1-30-23(29)19-17-9-5-6-10-18(17)31-22(19)26-21(28)15(12-24)11-16-13-25-27-20(16)14-7-3-2-4-8-14/h2-4,7-8,11,16,20,25,27H,5-6,9-10,13H2,1H3,(H,26,28)/b15-11+. The largest absolute Gasteiger partial charge is 0.465 e. The molecule has 0 spiro atoms. The first-order valence-corrected chi connectivity index (χ1v) is 11.1. The number of hydrogen-bond acceptors (Lipinski definition) is 7. The summed E-state index contributed by atoms with van der Waals surface area (Å²) >= 11 is 1.41. The Morgan fingerprint density at radius 2 is 2.03 bits per heavy atom. The van der Waals surface area contributed by atoms with Gasteiger partial charge in [0.05, 0.1) is 18.7 Å². The number of thiophene rings is 1. The lowest BCUT2D eigenvalue weighted by Gasteiger charge is -2.16. The third-order valence-electron chi connectivity index (χ3n) is 5.72. The maximum Gasteiger partial charge on any atom is 0.341 e. The molecule has 2 atom stereocenters. The minimum Gasteiger partial charge on any atom is -0.465 e. The van der Waals surface area contributed by atoms with Crippen LogP contribution in [0.3, 0.4) is 0 Å². The number of benzene rings is 1. The number of amides is 1. The monoisotopic (exact) mass is 436 g/mol. The summed E-state index contributed by atoms with van der Waals surface area (Å²) in [5.41, 5.74) is 8.82. The first-order chi connectivity index (χ1) is 15.1. The van der Waals surface area contributed by atoms with Gasteiger partial charge >= 0.3 is 5.97 Å². The molecule has 3 N–H and O–H groups in total. The second-order valence-electron chi connectivity index (χ2n) is 7.63. The number of aryl methyl sites for hydroxylation is 1. The van der Waals surface area contributed by atoms with Gasteiger partial charge in [0.2, 0.25) is 0 Å². The van der Waals surface area contributed by atoms with Gasteiger partial charge in [0.15, 0.2) is 0 Å². The highest BCUT2D eigenvalue weighted by Crippen LogP contribution is 2.38. The van der Waals surface area contributed by atoms with E-state index < -0.39 is 11.9 Å². The minimum absolute atomic E-state index is 0.0265. The Balaban J connectivity index is 1.58. The van der Waals surface area contributed by atoms with E-state index in [4.69, 9.17) is 4.74 Å². The molecule has 0 bridgehead atoms. The highest BCUT2D eigenvalue weighted by molar-refractivity contribution is 7.17. The van der Waals surface area contributed by atoms with Gasteiger partial charge in [0.1, 0.15) is 16.6 Å². The molecule has 31 heavy (non-hydrogen) atoms. The van der Waals surface area contributed by atoms with Crippen LogP contribution in [0, 0.1) is 17.2 Å². The zero-order valence-electron chi connectivity index (χ0n) is 17.2. The summed E-state index contributed by atoms with van der Waals surface area (Å²) in [4.78, 5) is 26.5. The van der Waals surface area contributed by atoms with Gasteiger partial charge in [0, 0.05) is 17.3 Å². The van der Waals surface area contributed by atoms with Crippen LogP contribution in [0.15, 0.2) is 42.0 Å². The van der Waals surface area contributed by atoms with Gasteiger partial charge in [-0.3, -0.25) is 10.2 Å². The first-order valence-electron chi connectivity index (χ1n) is 10.3. The number of hydrogen-bond donors (Lipinski definition) is 3. The Morgan fingerprint density at radius 3 is 2.77 bits per heavy atom. The van der Waals surface area contributed by atoms with E-state index in [0.717, 1.165) is 41.7 Å². The fraction of sp³-hybridized carbons (Fsp3) is 0.348. The predicted molar refractivity (Wildman–Crippen MR) is 118 cm³/mol. The van der Waals surface area contributed by atoms with Gasteiger partial charge in [-0.25, -0.2) is 10.2 Å². The van der Waals surface area contributed by atoms with E-state index in [9.17, 15) is 14.9 Å². The maximum absolute atomic E-state index is 13.0. The zero-order valence-corrected chi connectivity index (χ0v) is 18.1. The van der Waals surface area contributed by atoms with Gasteiger partial charge in [0.25, 0.3) is 5.91 Å². The Morgan fingerprint density at radius 1 is 1.26 bits per heavy atom. The summed E-state index contributed by atoms with van der Waals surface area (Å²) < 4.78 is 4.96. The number of ether oxygens (including phenoxy) is 1. The van der Waals surface area contributed by atoms with Gasteiger partial charge in [-0.05, 0) is 36.8 Å². The van der Waals surface area contributed by atoms with Crippen LogP contribution in [-0.4, -0.2) is 25.5 Å². The van der Waals surface area contributed by atoms with Crippen molar-refractivity contribution in [1.29, 1.82) is 5.26 Å². The highest BCUT2D eigenvalue weighted by Gasteiger charge is 2.30. The molecule has 2 unspecified atom stereocenters. The van der Waals surface area contributed by atoms with Crippen LogP contribution in [0.4, 0.5) is 5.00 Å². The summed E-state index contributed by atoms with van der Waals surface area (Å²) in [6.07, 6.45) is 5.45. The number of carbonyl (C=O) groups is 2. The molecule has 4 rings (SSSR count). The van der Waals surface area contributed by atoms with Gasteiger partial charge in [-0.1, -0.05) is 36.4 Å². The smallest absolute Gasteiger partial charge is 0.341 e. The van der Waals surface area contributed by atoms with Crippen molar-refractivity contribution in [1.82, 2.24) is 10.9 Å². The van der Waals surface area contributed by atoms with Crippen molar-refractivity contribution in [3.05, 3.63) is 63.5 Å². The second kappa shape index (κ2) is 9.43. The number of hydrazine groups is 1. The van der Waals surface area contributed by atoms with E-state index in [0.29, 0.717) is 17.1 Å². The van der Waals surface area contributed by atoms with E-state index in [2.05, 4.69) is 16.2 Å². The van der Waals surface area contributed by atoms with Crippen LogP contribution in [0.2, 0.25) is 0 Å². The number of methoxy groups -OCH3 is 1. The van der Waals surface area contributed by atoms with Crippen LogP contribution < -0.4 is 16.2 Å². The SMILES string of the molecule is COC(=O)c1c(NC(=O)/C(C#N)=C/C2CNNC2c2ccccc2)sc2c1CCCC2. The van der Waals surface area contributed by atoms with Crippen LogP contribution >= 0.6 is 11.3 Å². The molecule has 1 saturated heterocycles. The van der Waals surface area contributed by atoms with Gasteiger partial charge in [-0.2, -0.15) is 5.26 Å². The third kappa shape index (κ3) is 4.39. The number of esters is 1. The molecule has 1 amide bonds. The number of rotatable bonds is 5. The molecule has 8 heteroatoms. The topological polar surface area (TPSA) is 103 Å². The van der Waals surface area contributed by atoms with Crippen LogP contribution in [0.1, 0.15) is 45.2 Å². The molecule has 2 aromatic rings. The molecule has 2 aliphatic rings. The Labute approximate surface area is 185 Å². The van der Waals surface area contributed by atoms with Crippen molar-refractivity contribution in [3.63, 3.8) is 0 Å². The minimum atomic E-state index is -0.509. The number of nitrogens with one attached hydrogen (secondary N) is 3. The highest BCUT2D eigenvalue weighted by atomic mass is 32.1. The number of carbonyl (C=O) groups excluding carboxylic acids is 2. The summed E-state index contributed by atoms with van der Waals surface area (Å²) in [5, 5.41) is 12.9. The molecule has 1 aromatic heterocycles. The van der Waals surface area contributed by atoms with Crippen LogP contribution in [0.5, 0.6) is 0 Å². The number of nitriles is 1. The third-order valence-corrected chi connectivity index (χ3v) is 6.92. The molecular formula is C23H24N4O3S. The van der Waals surface area contributed by atoms with Gasteiger partial charge in [-0.15, -0.1) is 11.3 Å². The summed E-state index contributed by atoms with van der Waals surface area (Å²) in [6.45, 7) is 0.596. The summed E-state index contributed by atoms with van der Waals surface area (Å²) in [6, 6.07) is 11.9. The van der Waals surface area contributed by atoms with Gasteiger partial charge < -0.3 is 10.1 Å². The molecular weight excluding hydrogens is 412 g/mol. The Bertz CT molecular complexity index is 1050. The molecule has 1 aliphatic carbocycles. The molecule has 1 aromatic carbocycles. The number of fused-ring (bicyclic) bond motifs is 1. The fourth-order valence-corrected chi connectivity index (χ4v) is 5.45. The number of nitrogens with zero attached hydrogens (tertiary/aromatic N) is 1. The Kier molecular flexibility index (Phi) is 6.47. The Hall–Kier alpha value is -2.99. The van der Waals surface area contributed by atoms with Crippen molar-refractivity contribution in [2.45, 2.75) is 31.7 Å². The van der Waals surface area contributed by atoms with Crippen molar-refractivity contribution in [3.8, 4) is 6.07 Å². The lowest BCUT2D eigenvalue weighted by atomic mass is 9.93. The molecule has 160 valence electrons. The van der Waals surface area contributed by atoms with Crippen molar-refractivity contribution < 1.29 is 14.3 Å². The maximum atomic E-state index is 13.0. The first kappa shape index (κ1) is 21.2. The molecule has 2 heterocycles. The van der Waals surface area contributed by atoms with E-state index in [1.165, 1.54) is 18.4 Å². The molecule has 1 fully saturated rings. The fourth-order valence-electron chi connectivity index (χ4n) is 4.18. The molecule has 0 saturated carbocycles. The summed E-state index contributed by atoms with van der Waals surface area (Å²) in [7, 11) is 1.34. The van der Waals surface area contributed by atoms with Crippen LogP contribution in [-0.2, 0) is 22.4 Å². The summed E-state index contributed by atoms with van der Waals surface area (Å²) in [5.74, 6) is -1.03. The van der Waals surface area contributed by atoms with Crippen molar-refractivity contribution in [2.75, 3.05) is 19.0 Å². The lowest BCUT2D eigenvalue weighted by Crippen LogP contribution is -2.24. The van der Waals surface area contributed by atoms with Crippen LogP contribution in [0.25, 0.3) is 0 Å². The van der Waals surface area contributed by atoms with E-state index in [1.807, 2.05) is 36.4 Å². The molecule has 7 nitrogen and oxygen atoms in total. The molecule has 0 radical (unpaired) electrons. The quantitative estimate of drug-likeness (QED) is 0.378. The normalized spacial score (nSPS) is 20.6. The van der Waals surface area contributed by atoms with E-state index in [1.54, 1.807) is 6.08 Å². The molecule has 1 aliphatic heterocycles. The predicted octanol–water partition coefficient (Wildman–Crippen LogP) is 3.27. The number of anilines is 1. The van der Waals surface area contributed by atoms with Crippen molar-refractivity contribution >= 4 is 28.2 Å². The van der Waals surface area contributed by atoms with Crippen molar-refractivity contribution in [2.24, 2.45) is 5.92 Å². The average Bonchev–Trinajstić information content (AvgIpc) is 3.41. The van der Waals surface area contributed by atoms with E-state index >= 15 is 0 Å². The average molecular weight is 437 g/mol. The zero-order chi connectivity index (χ0) is 21.8. The second-order valence-corrected chi connectivity index (χ2v) is 8.74.